The minimum atomic E-state index is -1.17. The SMILES string of the molecule is CC(C)C1=C2[C@H]3CC[C@@H]4[C@@]5(C)CC[C@H](OC(=O)CC(C)(C)C(=O)O)C(C)(C)[C@@H]5CC[C@@]4(C)[C@]3(C)CC[C@@]2(NC(=O)NCc2ccnn2C)CC1=O.Cl. The zero-order valence-corrected chi connectivity index (χ0v) is 33.9. The van der Waals surface area contributed by atoms with Gasteiger partial charge in [0.05, 0.1) is 29.6 Å². The molecule has 10 nitrogen and oxygen atoms in total. The number of ketones is 1. The molecule has 4 fully saturated rings. The van der Waals surface area contributed by atoms with E-state index in [1.807, 2.05) is 13.1 Å². The third kappa shape index (κ3) is 6.11. The summed E-state index contributed by atoms with van der Waals surface area (Å²) in [6, 6.07) is 1.65. The Kier molecular flexibility index (Phi) is 10.4. The number of carboxylic acid groups (broad SMARTS) is 1. The molecule has 0 spiro atoms. The van der Waals surface area contributed by atoms with Gasteiger partial charge in [-0.25, -0.2) is 4.79 Å². The predicted molar refractivity (Wildman–Crippen MR) is 201 cm³/mol. The minimum Gasteiger partial charge on any atom is -0.481 e. The maximum atomic E-state index is 13.9. The molecule has 3 N–H and O–H groups in total. The first-order chi connectivity index (χ1) is 23.6. The molecule has 0 unspecified atom stereocenters. The van der Waals surface area contributed by atoms with Crippen LogP contribution < -0.4 is 10.6 Å². The van der Waals surface area contributed by atoms with E-state index in [2.05, 4.69) is 64.2 Å². The number of aryl methyl sites for hydroxylation is 1. The first-order valence-electron chi connectivity index (χ1n) is 19.4. The molecule has 0 aliphatic heterocycles. The number of esters is 1. The van der Waals surface area contributed by atoms with Gasteiger partial charge < -0.3 is 20.5 Å². The largest absolute Gasteiger partial charge is 0.481 e. The minimum absolute atomic E-state index is 0. The fraction of sp³-hybridized carbons (Fsp3) is 0.780. The molecular weight excluding hydrogens is 680 g/mol. The van der Waals surface area contributed by atoms with Crippen LogP contribution in [0.2, 0.25) is 0 Å². The van der Waals surface area contributed by atoms with Gasteiger partial charge in [-0.3, -0.25) is 19.1 Å². The van der Waals surface area contributed by atoms with Crippen LogP contribution in [0.1, 0.15) is 132 Å². The summed E-state index contributed by atoms with van der Waals surface area (Å²) in [6.07, 6.45) is 9.21. The monoisotopic (exact) mass is 742 g/mol. The summed E-state index contributed by atoms with van der Waals surface area (Å²) < 4.78 is 7.90. The van der Waals surface area contributed by atoms with Gasteiger partial charge in [-0.15, -0.1) is 12.4 Å². The number of carbonyl (C=O) groups is 4. The lowest BCUT2D eigenvalue weighted by Gasteiger charge is -2.72. The molecule has 1 aromatic rings. The fourth-order valence-corrected chi connectivity index (χ4v) is 12.6. The summed E-state index contributed by atoms with van der Waals surface area (Å²) in [7, 11) is 1.86. The van der Waals surface area contributed by atoms with E-state index in [1.54, 1.807) is 24.7 Å². The highest BCUT2D eigenvalue weighted by molar-refractivity contribution is 6.02. The van der Waals surface area contributed by atoms with Crippen molar-refractivity contribution in [2.75, 3.05) is 0 Å². The molecule has 290 valence electrons. The first-order valence-corrected chi connectivity index (χ1v) is 19.4. The number of hydrogen-bond acceptors (Lipinski definition) is 6. The molecule has 8 atom stereocenters. The number of Topliss-reactive ketones (excluding diaryl/α,β-unsaturated/α-hetero) is 1. The fourth-order valence-electron chi connectivity index (χ4n) is 12.6. The van der Waals surface area contributed by atoms with E-state index < -0.39 is 22.9 Å². The summed E-state index contributed by atoms with van der Waals surface area (Å²) in [6.45, 7) is 19.8. The van der Waals surface area contributed by atoms with Gasteiger partial charge in [-0.1, -0.05) is 48.5 Å². The number of allylic oxidation sites excluding steroid dienone is 1. The normalized spacial score (nSPS) is 36.5. The predicted octanol–water partition coefficient (Wildman–Crippen LogP) is 7.79. The number of urea groups is 1. The van der Waals surface area contributed by atoms with Crippen molar-refractivity contribution in [3.8, 4) is 0 Å². The third-order valence-electron chi connectivity index (χ3n) is 15.5. The smallest absolute Gasteiger partial charge is 0.315 e. The second-order valence-corrected chi connectivity index (χ2v) is 19.2. The maximum Gasteiger partial charge on any atom is 0.315 e. The van der Waals surface area contributed by atoms with E-state index in [-0.39, 0.29) is 70.2 Å². The highest BCUT2D eigenvalue weighted by Gasteiger charge is 2.70. The van der Waals surface area contributed by atoms with Crippen molar-refractivity contribution in [1.29, 1.82) is 0 Å². The van der Waals surface area contributed by atoms with Crippen LogP contribution in [0.15, 0.2) is 23.4 Å². The van der Waals surface area contributed by atoms with Gasteiger partial charge in [0.15, 0.2) is 5.78 Å². The van der Waals surface area contributed by atoms with Gasteiger partial charge in [0.25, 0.3) is 0 Å². The molecule has 0 saturated heterocycles. The van der Waals surface area contributed by atoms with Crippen LogP contribution in [-0.4, -0.2) is 50.3 Å². The van der Waals surface area contributed by atoms with Crippen molar-refractivity contribution in [3.63, 3.8) is 0 Å². The zero-order chi connectivity index (χ0) is 37.5. The van der Waals surface area contributed by atoms with Crippen LogP contribution in [0.25, 0.3) is 0 Å². The molecule has 0 bridgehead atoms. The number of carboxylic acids is 1. The molecule has 0 radical (unpaired) electrons. The van der Waals surface area contributed by atoms with Crippen molar-refractivity contribution >= 4 is 36.2 Å². The quantitative estimate of drug-likeness (QED) is 0.231. The average molecular weight is 743 g/mol. The Morgan fingerprint density at radius 1 is 1.00 bits per heavy atom. The Labute approximate surface area is 316 Å². The van der Waals surface area contributed by atoms with Gasteiger partial charge in [-0.2, -0.15) is 5.10 Å². The summed E-state index contributed by atoms with van der Waals surface area (Å²) in [5, 5.41) is 20.3. The van der Waals surface area contributed by atoms with Crippen LogP contribution in [0.4, 0.5) is 4.79 Å². The Hall–Kier alpha value is -2.88. The van der Waals surface area contributed by atoms with Gasteiger partial charge >= 0.3 is 18.0 Å². The molecule has 5 aliphatic rings. The lowest BCUT2D eigenvalue weighted by molar-refractivity contribution is -0.232. The number of fused-ring (bicyclic) bond motifs is 7. The lowest BCUT2D eigenvalue weighted by atomic mass is 9.33. The Morgan fingerprint density at radius 3 is 2.31 bits per heavy atom. The van der Waals surface area contributed by atoms with Crippen LogP contribution in [0, 0.1) is 50.7 Å². The van der Waals surface area contributed by atoms with E-state index in [1.165, 1.54) is 5.57 Å². The zero-order valence-electron chi connectivity index (χ0n) is 33.1. The topological polar surface area (TPSA) is 140 Å². The molecule has 6 rings (SSSR count). The number of rotatable bonds is 8. The van der Waals surface area contributed by atoms with Gasteiger partial charge in [0.2, 0.25) is 0 Å². The summed E-state index contributed by atoms with van der Waals surface area (Å²) in [4.78, 5) is 52.3. The van der Waals surface area contributed by atoms with E-state index in [0.29, 0.717) is 24.8 Å². The van der Waals surface area contributed by atoms with Crippen LogP contribution in [0.5, 0.6) is 0 Å². The van der Waals surface area contributed by atoms with Crippen LogP contribution >= 0.6 is 12.4 Å². The molecule has 52 heavy (non-hydrogen) atoms. The summed E-state index contributed by atoms with van der Waals surface area (Å²) in [5.74, 6) is -0.137. The second-order valence-electron chi connectivity index (χ2n) is 19.2. The van der Waals surface area contributed by atoms with E-state index >= 15 is 0 Å². The van der Waals surface area contributed by atoms with Crippen molar-refractivity contribution in [2.24, 2.45) is 57.8 Å². The standard InChI is InChI=1S/C41H62N4O6.ClH/c1-24(2)32-27(46)21-41(44-35(50)42-23-25-15-20-43-45(25)10)19-18-39(8)26(33(32)41)11-12-29-38(7)16-14-30(51-31(47)22-36(3,4)34(48)49)37(5,6)28(38)13-17-40(29,39)9;/h15,20,24,26,28-30H,11-14,16-19,21-23H2,1-10H3,(H,48,49)(H2,42,44,50);1H/t26-,28+,29-,30+,38+,39-,40-,41-;/m1./s1. The Bertz CT molecular complexity index is 1650. The average Bonchev–Trinajstić information content (AvgIpc) is 3.56. The number of nitrogens with zero attached hydrogens (tertiary/aromatic N) is 2. The van der Waals surface area contributed by atoms with Crippen LogP contribution in [-0.2, 0) is 32.7 Å². The number of nitrogens with one attached hydrogen (secondary N) is 2. The van der Waals surface area contributed by atoms with Crippen molar-refractivity contribution in [2.45, 2.75) is 145 Å². The number of halogens is 1. The van der Waals surface area contributed by atoms with Crippen molar-refractivity contribution in [1.82, 2.24) is 20.4 Å². The van der Waals surface area contributed by atoms with E-state index in [4.69, 9.17) is 4.74 Å². The van der Waals surface area contributed by atoms with E-state index in [9.17, 15) is 24.3 Å². The molecule has 5 aliphatic carbocycles. The highest BCUT2D eigenvalue weighted by Crippen LogP contribution is 2.76. The number of carbonyl (C=O) groups excluding carboxylic acids is 3. The molecule has 4 saturated carbocycles. The van der Waals surface area contributed by atoms with Gasteiger partial charge in [0, 0.05) is 25.1 Å². The molecule has 11 heteroatoms. The van der Waals surface area contributed by atoms with Gasteiger partial charge in [-0.05, 0) is 122 Å². The summed E-state index contributed by atoms with van der Waals surface area (Å²) >= 11 is 0. The summed E-state index contributed by atoms with van der Waals surface area (Å²) in [5.41, 5.74) is 0.998. The number of aromatic nitrogens is 2. The third-order valence-corrected chi connectivity index (χ3v) is 15.5. The lowest BCUT2D eigenvalue weighted by Crippen LogP contribution is -2.67. The van der Waals surface area contributed by atoms with Gasteiger partial charge in [0.1, 0.15) is 6.10 Å². The molecule has 2 amide bonds. The first kappa shape index (κ1) is 40.3. The van der Waals surface area contributed by atoms with E-state index in [0.717, 1.165) is 62.6 Å². The number of hydrogen-bond donors (Lipinski definition) is 3. The molecular formula is C41H63ClN4O6. The van der Waals surface area contributed by atoms with Crippen molar-refractivity contribution < 1.29 is 29.0 Å². The molecule has 1 heterocycles. The highest BCUT2D eigenvalue weighted by atomic mass is 35.5. The molecule has 0 aromatic carbocycles. The molecule has 1 aromatic heterocycles. The number of aliphatic carboxylic acids is 1. The second kappa shape index (κ2) is 13.5. The van der Waals surface area contributed by atoms with Crippen LogP contribution in [0.3, 0.4) is 0 Å². The van der Waals surface area contributed by atoms with Crippen molar-refractivity contribution in [3.05, 3.63) is 29.1 Å². The Morgan fingerprint density at radius 2 is 1.69 bits per heavy atom. The number of ether oxygens (including phenoxy) is 1. The number of amides is 2. The Balaban J connectivity index is 0.00000523. The maximum absolute atomic E-state index is 13.9.